The molecule has 2 unspecified atom stereocenters. The van der Waals surface area contributed by atoms with Gasteiger partial charge in [-0.2, -0.15) is 0 Å². The topological polar surface area (TPSA) is 46.5 Å². The zero-order valence-corrected chi connectivity index (χ0v) is 12.4. The van der Waals surface area contributed by atoms with Gasteiger partial charge in [0.05, 0.1) is 13.0 Å². The van der Waals surface area contributed by atoms with Crippen LogP contribution in [0.4, 0.5) is 0 Å². The second-order valence-electron chi connectivity index (χ2n) is 5.86. The zero-order valence-electron chi connectivity index (χ0n) is 12.4. The molecule has 1 N–H and O–H groups in total. The minimum absolute atomic E-state index is 0.206. The molecule has 0 amide bonds. The summed E-state index contributed by atoms with van der Waals surface area (Å²) in [7, 11) is 1.68. The van der Waals surface area contributed by atoms with Gasteiger partial charge in [-0.05, 0) is 43.7 Å². The van der Waals surface area contributed by atoms with Crippen molar-refractivity contribution in [2.75, 3.05) is 7.11 Å². The maximum absolute atomic E-state index is 11.5. The van der Waals surface area contributed by atoms with Gasteiger partial charge in [0.25, 0.3) is 0 Å². The summed E-state index contributed by atoms with van der Waals surface area (Å²) >= 11 is 0. The molecule has 110 valence electrons. The lowest BCUT2D eigenvalue weighted by Gasteiger charge is -2.22. The molecule has 1 aromatic rings. The van der Waals surface area contributed by atoms with Crippen molar-refractivity contribution in [1.82, 2.24) is 0 Å². The zero-order chi connectivity index (χ0) is 14.5. The number of carboxylic acids is 1. The second kappa shape index (κ2) is 6.78. The molecule has 0 bridgehead atoms. The summed E-state index contributed by atoms with van der Waals surface area (Å²) in [5.74, 6) is 0.265. The van der Waals surface area contributed by atoms with Crippen LogP contribution in [0, 0.1) is 18.8 Å². The van der Waals surface area contributed by atoms with E-state index in [1.807, 2.05) is 12.1 Å². The van der Waals surface area contributed by atoms with Crippen LogP contribution in [0.25, 0.3) is 0 Å². The average molecular weight is 276 g/mol. The van der Waals surface area contributed by atoms with Gasteiger partial charge in [-0.3, -0.25) is 4.79 Å². The smallest absolute Gasteiger partial charge is 0.306 e. The molecule has 3 heteroatoms. The van der Waals surface area contributed by atoms with Crippen molar-refractivity contribution in [3.05, 3.63) is 29.3 Å². The van der Waals surface area contributed by atoms with Gasteiger partial charge in [0.15, 0.2) is 0 Å². The van der Waals surface area contributed by atoms with Crippen LogP contribution in [-0.2, 0) is 11.2 Å². The van der Waals surface area contributed by atoms with E-state index in [1.165, 1.54) is 5.56 Å². The minimum atomic E-state index is -0.636. The maximum atomic E-state index is 11.5. The Morgan fingerprint density at radius 2 is 2.05 bits per heavy atom. The standard InChI is InChI=1S/C17H24O3/c1-12-8-9-16(20-2)14(10-12)11-13-6-4-3-5-7-15(13)17(18)19/h8-10,13,15H,3-7,11H2,1-2H3,(H,18,19). The lowest BCUT2D eigenvalue weighted by Crippen LogP contribution is -2.24. The fraction of sp³-hybridized carbons (Fsp3) is 0.588. The highest BCUT2D eigenvalue weighted by atomic mass is 16.5. The molecular formula is C17H24O3. The van der Waals surface area contributed by atoms with Crippen LogP contribution in [0.15, 0.2) is 18.2 Å². The number of carbonyl (C=O) groups is 1. The van der Waals surface area contributed by atoms with Crippen molar-refractivity contribution in [2.45, 2.75) is 45.4 Å². The van der Waals surface area contributed by atoms with Crippen molar-refractivity contribution in [2.24, 2.45) is 11.8 Å². The van der Waals surface area contributed by atoms with Crippen molar-refractivity contribution in [1.29, 1.82) is 0 Å². The number of hydrogen-bond donors (Lipinski definition) is 1. The Morgan fingerprint density at radius 3 is 2.75 bits per heavy atom. The molecule has 2 atom stereocenters. The van der Waals surface area contributed by atoms with Crippen LogP contribution < -0.4 is 4.74 Å². The van der Waals surface area contributed by atoms with E-state index in [1.54, 1.807) is 7.11 Å². The van der Waals surface area contributed by atoms with Gasteiger partial charge in [-0.25, -0.2) is 0 Å². The normalized spacial score (nSPS) is 23.1. The summed E-state index contributed by atoms with van der Waals surface area (Å²) in [5.41, 5.74) is 2.34. The largest absolute Gasteiger partial charge is 0.496 e. The number of ether oxygens (including phenoxy) is 1. The molecule has 0 saturated heterocycles. The monoisotopic (exact) mass is 276 g/mol. The molecule has 0 aromatic heterocycles. The number of aliphatic carboxylic acids is 1. The highest BCUT2D eigenvalue weighted by Gasteiger charge is 2.30. The van der Waals surface area contributed by atoms with Crippen LogP contribution in [0.1, 0.15) is 43.2 Å². The summed E-state index contributed by atoms with van der Waals surface area (Å²) in [6.07, 6.45) is 5.97. The van der Waals surface area contributed by atoms with E-state index in [0.29, 0.717) is 0 Å². The first-order valence-electron chi connectivity index (χ1n) is 7.48. The van der Waals surface area contributed by atoms with Crippen molar-refractivity contribution in [3.63, 3.8) is 0 Å². The average Bonchev–Trinajstić information content (AvgIpc) is 2.64. The number of methoxy groups -OCH3 is 1. The minimum Gasteiger partial charge on any atom is -0.496 e. The number of rotatable bonds is 4. The highest BCUT2D eigenvalue weighted by molar-refractivity contribution is 5.70. The molecule has 20 heavy (non-hydrogen) atoms. The first-order chi connectivity index (χ1) is 9.61. The number of aryl methyl sites for hydroxylation is 1. The molecule has 1 aromatic carbocycles. The van der Waals surface area contributed by atoms with Gasteiger partial charge >= 0.3 is 5.97 Å². The Bertz CT molecular complexity index is 467. The van der Waals surface area contributed by atoms with E-state index < -0.39 is 5.97 Å². The number of hydrogen-bond acceptors (Lipinski definition) is 2. The Morgan fingerprint density at radius 1 is 1.30 bits per heavy atom. The molecule has 0 radical (unpaired) electrons. The SMILES string of the molecule is COc1ccc(C)cc1CC1CCCCCC1C(=O)O. The summed E-state index contributed by atoms with van der Waals surface area (Å²) in [5, 5.41) is 9.46. The predicted molar refractivity (Wildman–Crippen MR) is 79.1 cm³/mol. The Hall–Kier alpha value is -1.51. The number of carboxylic acid groups (broad SMARTS) is 1. The van der Waals surface area contributed by atoms with Gasteiger partial charge in [0.1, 0.15) is 5.75 Å². The first kappa shape index (κ1) is 14.9. The van der Waals surface area contributed by atoms with Gasteiger partial charge in [0, 0.05) is 0 Å². The molecule has 0 heterocycles. The fourth-order valence-electron chi connectivity index (χ4n) is 3.30. The second-order valence-corrected chi connectivity index (χ2v) is 5.86. The van der Waals surface area contributed by atoms with E-state index in [0.717, 1.165) is 49.8 Å². The van der Waals surface area contributed by atoms with E-state index >= 15 is 0 Å². The van der Waals surface area contributed by atoms with Crippen LogP contribution in [0.2, 0.25) is 0 Å². The highest BCUT2D eigenvalue weighted by Crippen LogP contribution is 2.34. The van der Waals surface area contributed by atoms with Crippen LogP contribution >= 0.6 is 0 Å². The van der Waals surface area contributed by atoms with E-state index in [4.69, 9.17) is 4.74 Å². The molecule has 1 aliphatic rings. The Labute approximate surface area is 121 Å². The maximum Gasteiger partial charge on any atom is 0.306 e. The molecule has 1 fully saturated rings. The van der Waals surface area contributed by atoms with Crippen molar-refractivity contribution < 1.29 is 14.6 Å². The quantitative estimate of drug-likeness (QED) is 0.850. The first-order valence-corrected chi connectivity index (χ1v) is 7.48. The van der Waals surface area contributed by atoms with Gasteiger partial charge < -0.3 is 9.84 Å². The third-order valence-electron chi connectivity index (χ3n) is 4.39. The molecule has 0 spiro atoms. The molecular weight excluding hydrogens is 252 g/mol. The molecule has 1 saturated carbocycles. The molecule has 0 aliphatic heterocycles. The third-order valence-corrected chi connectivity index (χ3v) is 4.39. The van der Waals surface area contributed by atoms with Gasteiger partial charge in [-0.1, -0.05) is 37.0 Å². The third kappa shape index (κ3) is 3.53. The molecule has 3 nitrogen and oxygen atoms in total. The molecule has 1 aliphatic carbocycles. The lowest BCUT2D eigenvalue weighted by molar-refractivity contribution is -0.143. The van der Waals surface area contributed by atoms with Crippen LogP contribution in [0.5, 0.6) is 5.75 Å². The van der Waals surface area contributed by atoms with Crippen molar-refractivity contribution >= 4 is 5.97 Å². The predicted octanol–water partition coefficient (Wildman–Crippen LogP) is 3.83. The summed E-state index contributed by atoms with van der Waals surface area (Å²) in [6.45, 7) is 2.06. The van der Waals surface area contributed by atoms with E-state index in [9.17, 15) is 9.90 Å². The van der Waals surface area contributed by atoms with E-state index in [-0.39, 0.29) is 11.8 Å². The van der Waals surface area contributed by atoms with Crippen LogP contribution in [0.3, 0.4) is 0 Å². The Kier molecular flexibility index (Phi) is 5.05. The number of benzene rings is 1. The summed E-state index contributed by atoms with van der Waals surface area (Å²) < 4.78 is 5.42. The summed E-state index contributed by atoms with van der Waals surface area (Å²) in [6, 6.07) is 6.14. The fourth-order valence-corrected chi connectivity index (χ4v) is 3.30. The van der Waals surface area contributed by atoms with Gasteiger partial charge in [0.2, 0.25) is 0 Å². The van der Waals surface area contributed by atoms with Crippen LogP contribution in [-0.4, -0.2) is 18.2 Å². The van der Waals surface area contributed by atoms with Gasteiger partial charge in [-0.15, -0.1) is 0 Å². The van der Waals surface area contributed by atoms with E-state index in [2.05, 4.69) is 13.0 Å². The lowest BCUT2D eigenvalue weighted by atomic mass is 9.83. The Balaban J connectivity index is 2.21. The summed E-state index contributed by atoms with van der Waals surface area (Å²) in [4.78, 5) is 11.5. The van der Waals surface area contributed by atoms with Crippen molar-refractivity contribution in [3.8, 4) is 5.75 Å². The molecule has 2 rings (SSSR count).